The van der Waals surface area contributed by atoms with Crippen LogP contribution in [0.25, 0.3) is 0 Å². The van der Waals surface area contributed by atoms with E-state index in [1.165, 1.54) is 0 Å². The number of esters is 2. The van der Waals surface area contributed by atoms with E-state index < -0.39 is 0 Å². The van der Waals surface area contributed by atoms with Crippen LogP contribution >= 0.6 is 0 Å². The van der Waals surface area contributed by atoms with Gasteiger partial charge in [-0.2, -0.15) is 0 Å². The van der Waals surface area contributed by atoms with Crippen molar-refractivity contribution < 1.29 is 28.5 Å². The maximum atomic E-state index is 11.6. The van der Waals surface area contributed by atoms with Crippen LogP contribution in [0.3, 0.4) is 0 Å². The van der Waals surface area contributed by atoms with E-state index in [1.807, 2.05) is 12.1 Å². The van der Waals surface area contributed by atoms with E-state index >= 15 is 0 Å². The Morgan fingerprint density at radius 1 is 0.577 bits per heavy atom. The summed E-state index contributed by atoms with van der Waals surface area (Å²) < 4.78 is 20.9. The lowest BCUT2D eigenvalue weighted by Gasteiger charge is -2.07. The van der Waals surface area contributed by atoms with Gasteiger partial charge in [-0.1, -0.05) is 36.4 Å². The molecule has 0 radical (unpaired) electrons. The lowest BCUT2D eigenvalue weighted by atomic mass is 10.3. The molecular formula is C20H22O6. The van der Waals surface area contributed by atoms with Crippen molar-refractivity contribution in [2.75, 3.05) is 26.4 Å². The Labute approximate surface area is 152 Å². The van der Waals surface area contributed by atoms with Gasteiger partial charge < -0.3 is 18.9 Å². The van der Waals surface area contributed by atoms with E-state index in [9.17, 15) is 9.59 Å². The summed E-state index contributed by atoms with van der Waals surface area (Å²) in [4.78, 5) is 23.2. The maximum Gasteiger partial charge on any atom is 0.313 e. The zero-order valence-electron chi connectivity index (χ0n) is 14.5. The Balaban J connectivity index is 1.43. The van der Waals surface area contributed by atoms with Gasteiger partial charge in [0.05, 0.1) is 39.3 Å². The molecule has 0 saturated heterocycles. The summed E-state index contributed by atoms with van der Waals surface area (Å²) >= 11 is 0. The molecule has 0 N–H and O–H groups in total. The van der Waals surface area contributed by atoms with E-state index in [4.69, 9.17) is 18.9 Å². The average Bonchev–Trinajstić information content (AvgIpc) is 2.65. The molecular weight excluding hydrogens is 336 g/mol. The van der Waals surface area contributed by atoms with Crippen molar-refractivity contribution >= 4 is 11.9 Å². The first-order valence-corrected chi connectivity index (χ1v) is 8.41. The van der Waals surface area contributed by atoms with Gasteiger partial charge in [-0.15, -0.1) is 0 Å². The van der Waals surface area contributed by atoms with Crippen molar-refractivity contribution in [2.24, 2.45) is 0 Å². The molecule has 0 atom stereocenters. The first-order valence-electron chi connectivity index (χ1n) is 8.41. The Bertz CT molecular complexity index is 597. The average molecular weight is 358 g/mol. The molecule has 2 rings (SSSR count). The topological polar surface area (TPSA) is 71.1 Å². The second-order valence-corrected chi connectivity index (χ2v) is 5.30. The van der Waals surface area contributed by atoms with Crippen molar-refractivity contribution in [3.8, 4) is 11.5 Å². The molecule has 0 fully saturated rings. The Kier molecular flexibility index (Phi) is 8.89. The van der Waals surface area contributed by atoms with Gasteiger partial charge in [-0.05, 0) is 24.3 Å². The molecule has 0 unspecified atom stereocenters. The molecule has 0 aromatic heterocycles. The number of para-hydroxylation sites is 2. The van der Waals surface area contributed by atoms with Gasteiger partial charge in [0, 0.05) is 0 Å². The van der Waals surface area contributed by atoms with Crippen molar-refractivity contribution in [1.29, 1.82) is 0 Å². The van der Waals surface area contributed by atoms with Crippen molar-refractivity contribution in [1.82, 2.24) is 0 Å². The van der Waals surface area contributed by atoms with Gasteiger partial charge in [0.2, 0.25) is 0 Å². The molecule has 6 nitrogen and oxygen atoms in total. The maximum absolute atomic E-state index is 11.6. The highest BCUT2D eigenvalue weighted by molar-refractivity contribution is 5.72. The quantitative estimate of drug-likeness (QED) is 0.349. The van der Waals surface area contributed by atoms with E-state index in [1.54, 1.807) is 48.5 Å². The Hall–Kier alpha value is -2.70. The van der Waals surface area contributed by atoms with Crippen LogP contribution in [0.2, 0.25) is 0 Å². The summed E-state index contributed by atoms with van der Waals surface area (Å²) in [7, 11) is 0. The number of rotatable bonds is 11. The van der Waals surface area contributed by atoms with Crippen LogP contribution in [0.15, 0.2) is 60.7 Å². The molecule has 0 amide bonds. The van der Waals surface area contributed by atoms with Crippen LogP contribution in [-0.2, 0) is 19.1 Å². The SMILES string of the molecule is O=C(CCOCCOCCC(=O)Oc1ccccc1)Oc1ccccc1. The smallest absolute Gasteiger partial charge is 0.313 e. The van der Waals surface area contributed by atoms with Crippen molar-refractivity contribution in [2.45, 2.75) is 12.8 Å². The van der Waals surface area contributed by atoms with Crippen LogP contribution in [0.1, 0.15) is 12.8 Å². The molecule has 0 spiro atoms. The summed E-state index contributed by atoms with van der Waals surface area (Å²) in [5.74, 6) is 0.341. The second kappa shape index (κ2) is 11.8. The number of hydrogen-bond acceptors (Lipinski definition) is 6. The molecule has 26 heavy (non-hydrogen) atoms. The minimum absolute atomic E-state index is 0.165. The molecule has 138 valence electrons. The standard InChI is InChI=1S/C20H22O6/c21-19(25-17-7-3-1-4-8-17)11-13-23-15-16-24-14-12-20(22)26-18-9-5-2-6-10-18/h1-10H,11-16H2. The summed E-state index contributed by atoms with van der Waals surface area (Å²) in [6, 6.07) is 17.8. The van der Waals surface area contributed by atoms with Crippen LogP contribution in [0.4, 0.5) is 0 Å². The lowest BCUT2D eigenvalue weighted by Crippen LogP contribution is -2.15. The highest BCUT2D eigenvalue weighted by atomic mass is 16.5. The van der Waals surface area contributed by atoms with E-state index in [2.05, 4.69) is 0 Å². The number of hydrogen-bond donors (Lipinski definition) is 0. The lowest BCUT2D eigenvalue weighted by molar-refractivity contribution is -0.137. The van der Waals surface area contributed by atoms with E-state index in [-0.39, 0.29) is 38.0 Å². The number of carbonyl (C=O) groups excluding carboxylic acids is 2. The fourth-order valence-electron chi connectivity index (χ4n) is 1.98. The minimum Gasteiger partial charge on any atom is -0.426 e. The molecule has 2 aromatic rings. The van der Waals surface area contributed by atoms with Crippen LogP contribution < -0.4 is 9.47 Å². The first-order chi connectivity index (χ1) is 12.7. The van der Waals surface area contributed by atoms with E-state index in [0.29, 0.717) is 24.7 Å². The molecule has 6 heteroatoms. The third-order valence-electron chi connectivity index (χ3n) is 3.22. The summed E-state index contributed by atoms with van der Waals surface area (Å²) in [6.45, 7) is 1.19. The van der Waals surface area contributed by atoms with E-state index in [0.717, 1.165) is 0 Å². The Morgan fingerprint density at radius 2 is 0.962 bits per heavy atom. The third kappa shape index (κ3) is 8.41. The monoisotopic (exact) mass is 358 g/mol. The van der Waals surface area contributed by atoms with Crippen molar-refractivity contribution in [3.05, 3.63) is 60.7 Å². The van der Waals surface area contributed by atoms with Gasteiger partial charge in [-0.25, -0.2) is 0 Å². The van der Waals surface area contributed by atoms with Gasteiger partial charge >= 0.3 is 11.9 Å². The molecule has 0 aliphatic rings. The number of ether oxygens (including phenoxy) is 4. The molecule has 2 aromatic carbocycles. The zero-order valence-corrected chi connectivity index (χ0v) is 14.5. The zero-order chi connectivity index (χ0) is 18.5. The predicted octanol–water partition coefficient (Wildman–Crippen LogP) is 3.01. The molecule has 0 aliphatic heterocycles. The van der Waals surface area contributed by atoms with Gasteiger partial charge in [0.15, 0.2) is 0 Å². The first kappa shape index (κ1) is 19.6. The third-order valence-corrected chi connectivity index (χ3v) is 3.22. The summed E-state index contributed by atoms with van der Waals surface area (Å²) in [5, 5.41) is 0. The van der Waals surface area contributed by atoms with Gasteiger partial charge in [0.25, 0.3) is 0 Å². The minimum atomic E-state index is -0.347. The fourth-order valence-corrected chi connectivity index (χ4v) is 1.98. The molecule has 0 aliphatic carbocycles. The molecule has 0 heterocycles. The number of benzene rings is 2. The summed E-state index contributed by atoms with van der Waals surface area (Å²) in [5.41, 5.74) is 0. The highest BCUT2D eigenvalue weighted by Crippen LogP contribution is 2.10. The highest BCUT2D eigenvalue weighted by Gasteiger charge is 2.05. The van der Waals surface area contributed by atoms with Gasteiger partial charge in [-0.3, -0.25) is 9.59 Å². The Morgan fingerprint density at radius 3 is 1.35 bits per heavy atom. The molecule has 0 saturated carbocycles. The van der Waals surface area contributed by atoms with Crippen LogP contribution in [0.5, 0.6) is 11.5 Å². The van der Waals surface area contributed by atoms with Gasteiger partial charge in [0.1, 0.15) is 11.5 Å². The number of carbonyl (C=O) groups is 2. The summed E-state index contributed by atoms with van der Waals surface area (Å²) in [6.07, 6.45) is 0.330. The normalized spacial score (nSPS) is 10.3. The van der Waals surface area contributed by atoms with Crippen LogP contribution in [-0.4, -0.2) is 38.4 Å². The predicted molar refractivity (Wildman–Crippen MR) is 95.0 cm³/mol. The fraction of sp³-hybridized carbons (Fsp3) is 0.300. The second-order valence-electron chi connectivity index (χ2n) is 5.30. The van der Waals surface area contributed by atoms with Crippen molar-refractivity contribution in [3.63, 3.8) is 0 Å². The van der Waals surface area contributed by atoms with Crippen LogP contribution in [0, 0.1) is 0 Å². The largest absolute Gasteiger partial charge is 0.426 e. The molecule has 0 bridgehead atoms.